The van der Waals surface area contributed by atoms with Crippen molar-refractivity contribution in [3.05, 3.63) is 35.9 Å². The van der Waals surface area contributed by atoms with Gasteiger partial charge in [0.25, 0.3) is 0 Å². The van der Waals surface area contributed by atoms with Crippen LogP contribution in [0.1, 0.15) is 24.5 Å². The van der Waals surface area contributed by atoms with Crippen molar-refractivity contribution in [2.24, 2.45) is 0 Å². The van der Waals surface area contributed by atoms with Crippen molar-refractivity contribution in [1.29, 1.82) is 0 Å². The van der Waals surface area contributed by atoms with Crippen LogP contribution in [0.3, 0.4) is 0 Å². The average Bonchev–Trinajstić information content (AvgIpc) is 2.34. The van der Waals surface area contributed by atoms with E-state index in [-0.39, 0.29) is 18.6 Å². The highest BCUT2D eigenvalue weighted by Crippen LogP contribution is 2.28. The Morgan fingerprint density at radius 2 is 1.83 bits per heavy atom. The number of ether oxygens (including phenoxy) is 1. The molecule has 102 valence electrons. The molecule has 0 fully saturated rings. The van der Waals surface area contributed by atoms with Crippen LogP contribution in [0, 0.1) is 0 Å². The molecule has 0 aliphatic heterocycles. The molecule has 0 amide bonds. The SMILES string of the molecule is CNC(CCC(F)(F)F)C(OC)c1ccccc1. The van der Waals surface area contributed by atoms with Gasteiger partial charge in [-0.05, 0) is 19.0 Å². The minimum atomic E-state index is -4.13. The summed E-state index contributed by atoms with van der Waals surface area (Å²) < 4.78 is 42.1. The van der Waals surface area contributed by atoms with Gasteiger partial charge < -0.3 is 10.1 Å². The monoisotopic (exact) mass is 261 g/mol. The molecule has 2 nitrogen and oxygen atoms in total. The van der Waals surface area contributed by atoms with Crippen molar-refractivity contribution in [2.75, 3.05) is 14.2 Å². The van der Waals surface area contributed by atoms with Crippen molar-refractivity contribution in [3.8, 4) is 0 Å². The van der Waals surface area contributed by atoms with Crippen LogP contribution in [0.25, 0.3) is 0 Å². The van der Waals surface area contributed by atoms with Gasteiger partial charge in [-0.3, -0.25) is 0 Å². The molecule has 1 N–H and O–H groups in total. The summed E-state index contributed by atoms with van der Waals surface area (Å²) in [6, 6.07) is 8.90. The zero-order chi connectivity index (χ0) is 13.6. The Kier molecular flexibility index (Phi) is 5.62. The minimum Gasteiger partial charge on any atom is -0.375 e. The lowest BCUT2D eigenvalue weighted by Crippen LogP contribution is -2.34. The van der Waals surface area contributed by atoms with Crippen molar-refractivity contribution in [1.82, 2.24) is 5.32 Å². The van der Waals surface area contributed by atoms with E-state index in [1.54, 1.807) is 7.05 Å². The van der Waals surface area contributed by atoms with Gasteiger partial charge in [-0.1, -0.05) is 30.3 Å². The van der Waals surface area contributed by atoms with Crippen LogP contribution in [0.4, 0.5) is 13.2 Å². The van der Waals surface area contributed by atoms with Crippen LogP contribution in [0.5, 0.6) is 0 Å². The first kappa shape index (κ1) is 15.0. The summed E-state index contributed by atoms with van der Waals surface area (Å²) >= 11 is 0. The second-order valence-electron chi connectivity index (χ2n) is 4.12. The van der Waals surface area contributed by atoms with E-state index >= 15 is 0 Å². The molecule has 2 unspecified atom stereocenters. The fraction of sp³-hybridized carbons (Fsp3) is 0.538. The summed E-state index contributed by atoms with van der Waals surface area (Å²) in [5.74, 6) is 0. The zero-order valence-corrected chi connectivity index (χ0v) is 10.5. The molecular weight excluding hydrogens is 243 g/mol. The summed E-state index contributed by atoms with van der Waals surface area (Å²) in [6.45, 7) is 0. The van der Waals surface area contributed by atoms with Gasteiger partial charge >= 0.3 is 6.18 Å². The number of benzene rings is 1. The Labute approximate surface area is 105 Å². The Morgan fingerprint density at radius 1 is 1.22 bits per heavy atom. The highest BCUT2D eigenvalue weighted by molar-refractivity contribution is 5.19. The lowest BCUT2D eigenvalue weighted by Gasteiger charge is -2.26. The van der Waals surface area contributed by atoms with Gasteiger partial charge in [-0.25, -0.2) is 0 Å². The van der Waals surface area contributed by atoms with Crippen LogP contribution in [-0.4, -0.2) is 26.4 Å². The summed E-state index contributed by atoms with van der Waals surface area (Å²) in [7, 11) is 3.16. The van der Waals surface area contributed by atoms with Crippen molar-refractivity contribution >= 4 is 0 Å². The van der Waals surface area contributed by atoms with Crippen molar-refractivity contribution in [2.45, 2.75) is 31.2 Å². The van der Waals surface area contributed by atoms with E-state index in [0.717, 1.165) is 5.56 Å². The van der Waals surface area contributed by atoms with Gasteiger partial charge in [0.1, 0.15) is 0 Å². The van der Waals surface area contributed by atoms with Crippen LogP contribution >= 0.6 is 0 Å². The Hall–Kier alpha value is -1.07. The Balaban J connectivity index is 2.72. The molecule has 0 aliphatic rings. The van der Waals surface area contributed by atoms with Gasteiger partial charge in [0.15, 0.2) is 0 Å². The van der Waals surface area contributed by atoms with Crippen LogP contribution < -0.4 is 5.32 Å². The number of alkyl halides is 3. The average molecular weight is 261 g/mol. The molecule has 18 heavy (non-hydrogen) atoms. The maximum absolute atomic E-state index is 12.3. The third-order valence-corrected chi connectivity index (χ3v) is 2.86. The van der Waals surface area contributed by atoms with Gasteiger partial charge in [-0.2, -0.15) is 13.2 Å². The van der Waals surface area contributed by atoms with Crippen LogP contribution in [0.15, 0.2) is 30.3 Å². The number of rotatable bonds is 6. The van der Waals surface area contributed by atoms with Gasteiger partial charge in [0, 0.05) is 19.6 Å². The van der Waals surface area contributed by atoms with Gasteiger partial charge in [-0.15, -0.1) is 0 Å². The summed E-state index contributed by atoms with van der Waals surface area (Å²) in [6.07, 6.45) is -5.33. The highest BCUT2D eigenvalue weighted by atomic mass is 19.4. The number of hydrogen-bond donors (Lipinski definition) is 1. The molecule has 0 aromatic heterocycles. The predicted molar refractivity (Wildman–Crippen MR) is 64.3 cm³/mol. The molecule has 0 heterocycles. The summed E-state index contributed by atoms with van der Waals surface area (Å²) in [5.41, 5.74) is 0.876. The van der Waals surface area contributed by atoms with E-state index in [1.165, 1.54) is 7.11 Å². The lowest BCUT2D eigenvalue weighted by atomic mass is 9.98. The fourth-order valence-corrected chi connectivity index (χ4v) is 1.94. The molecule has 0 aliphatic carbocycles. The van der Waals surface area contributed by atoms with Gasteiger partial charge in [0.05, 0.1) is 6.10 Å². The van der Waals surface area contributed by atoms with E-state index in [9.17, 15) is 13.2 Å². The van der Waals surface area contributed by atoms with Crippen molar-refractivity contribution in [3.63, 3.8) is 0 Å². The van der Waals surface area contributed by atoms with Crippen molar-refractivity contribution < 1.29 is 17.9 Å². The molecule has 1 rings (SSSR count). The maximum atomic E-state index is 12.3. The maximum Gasteiger partial charge on any atom is 0.389 e. The number of hydrogen-bond acceptors (Lipinski definition) is 2. The standard InChI is InChI=1S/C13H18F3NO/c1-17-11(8-9-13(14,15)16)12(18-2)10-6-4-3-5-7-10/h3-7,11-12,17H,8-9H2,1-2H3. The molecular formula is C13H18F3NO. The second kappa shape index (κ2) is 6.75. The van der Waals surface area contributed by atoms with Crippen LogP contribution in [0.2, 0.25) is 0 Å². The normalized spacial score (nSPS) is 15.4. The molecule has 0 spiro atoms. The van der Waals surface area contributed by atoms with Gasteiger partial charge in [0.2, 0.25) is 0 Å². The fourth-order valence-electron chi connectivity index (χ4n) is 1.94. The zero-order valence-electron chi connectivity index (χ0n) is 10.5. The largest absolute Gasteiger partial charge is 0.389 e. The Morgan fingerprint density at radius 3 is 2.28 bits per heavy atom. The molecule has 0 saturated carbocycles. The van der Waals surface area contributed by atoms with Crippen LogP contribution in [-0.2, 0) is 4.74 Å². The lowest BCUT2D eigenvalue weighted by molar-refractivity contribution is -0.138. The number of nitrogens with one attached hydrogen (secondary N) is 1. The third-order valence-electron chi connectivity index (χ3n) is 2.86. The summed E-state index contributed by atoms with van der Waals surface area (Å²) in [4.78, 5) is 0. The molecule has 1 aromatic rings. The first-order valence-electron chi connectivity index (χ1n) is 5.79. The first-order chi connectivity index (χ1) is 8.48. The predicted octanol–water partition coefficient (Wildman–Crippen LogP) is 3.30. The third kappa shape index (κ3) is 4.66. The number of halogens is 3. The first-order valence-corrected chi connectivity index (χ1v) is 5.79. The highest BCUT2D eigenvalue weighted by Gasteiger charge is 2.30. The molecule has 0 bridgehead atoms. The molecule has 1 aromatic carbocycles. The van der Waals surface area contributed by atoms with E-state index < -0.39 is 12.6 Å². The van der Waals surface area contributed by atoms with E-state index in [2.05, 4.69) is 5.32 Å². The minimum absolute atomic E-state index is 0.00655. The molecule has 2 atom stereocenters. The summed E-state index contributed by atoms with van der Waals surface area (Å²) in [5, 5.41) is 2.90. The number of methoxy groups -OCH3 is 1. The second-order valence-corrected chi connectivity index (χ2v) is 4.12. The quantitative estimate of drug-likeness (QED) is 0.848. The molecule has 0 saturated heterocycles. The number of likely N-dealkylation sites (N-methyl/N-ethyl adjacent to an activating group) is 1. The van der Waals surface area contributed by atoms with E-state index in [1.807, 2.05) is 30.3 Å². The van der Waals surface area contributed by atoms with E-state index in [0.29, 0.717) is 0 Å². The molecule has 5 heteroatoms. The Bertz CT molecular complexity index is 340. The topological polar surface area (TPSA) is 21.3 Å². The van der Waals surface area contributed by atoms with E-state index in [4.69, 9.17) is 4.74 Å². The smallest absolute Gasteiger partial charge is 0.375 e. The molecule has 0 radical (unpaired) electrons.